The average molecular weight is 374 g/mol. The van der Waals surface area contributed by atoms with Gasteiger partial charge in [0.05, 0.1) is 22.9 Å². The van der Waals surface area contributed by atoms with Crippen LogP contribution in [0.5, 0.6) is 0 Å². The predicted octanol–water partition coefficient (Wildman–Crippen LogP) is 0.451. The molecular formula is C14H18N2O6S2. The highest BCUT2D eigenvalue weighted by Gasteiger charge is 2.36. The molecular weight excluding hydrogens is 356 g/mol. The Morgan fingerprint density at radius 3 is 2.42 bits per heavy atom. The summed E-state index contributed by atoms with van der Waals surface area (Å²) in [6.07, 6.45) is -0.158. The maximum Gasteiger partial charge on any atom is 0.414 e. The summed E-state index contributed by atoms with van der Waals surface area (Å²) in [5.74, 6) is -0.145. The molecule has 3 rings (SSSR count). The maximum absolute atomic E-state index is 12.7. The Kier molecular flexibility index (Phi) is 4.30. The SMILES string of the molecule is CN(C1CCS(=O)(=O)C1)S(=O)(=O)c1ccc(N2CCOC2=O)cc1. The Morgan fingerprint density at radius 2 is 1.92 bits per heavy atom. The number of carbonyl (C=O) groups is 1. The van der Waals surface area contributed by atoms with Gasteiger partial charge >= 0.3 is 6.09 Å². The normalized spacial score (nSPS) is 23.7. The Morgan fingerprint density at radius 1 is 1.25 bits per heavy atom. The number of ether oxygens (including phenoxy) is 1. The minimum absolute atomic E-state index is 0.00748. The quantitative estimate of drug-likeness (QED) is 0.758. The van der Waals surface area contributed by atoms with Crippen molar-refractivity contribution >= 4 is 31.6 Å². The van der Waals surface area contributed by atoms with E-state index in [0.717, 1.165) is 4.31 Å². The maximum atomic E-state index is 12.7. The van der Waals surface area contributed by atoms with Crippen LogP contribution in [0.4, 0.5) is 10.5 Å². The third-order valence-corrected chi connectivity index (χ3v) is 7.98. The lowest BCUT2D eigenvalue weighted by molar-refractivity contribution is 0.181. The largest absolute Gasteiger partial charge is 0.447 e. The monoisotopic (exact) mass is 374 g/mol. The fraction of sp³-hybridized carbons (Fsp3) is 0.500. The van der Waals surface area contributed by atoms with Crippen LogP contribution in [0, 0.1) is 0 Å². The number of nitrogens with zero attached hydrogens (tertiary/aromatic N) is 2. The van der Waals surface area contributed by atoms with Gasteiger partial charge in [-0.05, 0) is 30.7 Å². The summed E-state index contributed by atoms with van der Waals surface area (Å²) in [5, 5.41) is 0. The molecule has 2 aliphatic rings. The predicted molar refractivity (Wildman–Crippen MR) is 87.1 cm³/mol. The molecule has 1 unspecified atom stereocenters. The van der Waals surface area contributed by atoms with E-state index in [-0.39, 0.29) is 16.4 Å². The lowest BCUT2D eigenvalue weighted by atomic mass is 10.3. The van der Waals surface area contributed by atoms with Crippen molar-refractivity contribution in [1.82, 2.24) is 4.31 Å². The van der Waals surface area contributed by atoms with E-state index >= 15 is 0 Å². The molecule has 1 aromatic rings. The van der Waals surface area contributed by atoms with Gasteiger partial charge in [0, 0.05) is 18.8 Å². The van der Waals surface area contributed by atoms with Crippen molar-refractivity contribution in [3.8, 4) is 0 Å². The third-order valence-electron chi connectivity index (χ3n) is 4.31. The van der Waals surface area contributed by atoms with Gasteiger partial charge in [-0.3, -0.25) is 4.90 Å². The van der Waals surface area contributed by atoms with Crippen molar-refractivity contribution in [2.24, 2.45) is 0 Å². The van der Waals surface area contributed by atoms with E-state index in [2.05, 4.69) is 0 Å². The van der Waals surface area contributed by atoms with Crippen LogP contribution in [0.2, 0.25) is 0 Å². The van der Waals surface area contributed by atoms with Gasteiger partial charge in [0.15, 0.2) is 9.84 Å². The number of hydrogen-bond acceptors (Lipinski definition) is 6. The fourth-order valence-corrected chi connectivity index (χ4v) is 6.10. The summed E-state index contributed by atoms with van der Waals surface area (Å²) in [4.78, 5) is 13.0. The second-order valence-corrected chi connectivity index (χ2v) is 10.1. The molecule has 2 fully saturated rings. The molecule has 1 atom stereocenters. The highest BCUT2D eigenvalue weighted by molar-refractivity contribution is 7.92. The first-order chi connectivity index (χ1) is 11.2. The first kappa shape index (κ1) is 17.2. The van der Waals surface area contributed by atoms with Gasteiger partial charge in [-0.25, -0.2) is 21.6 Å². The molecule has 2 heterocycles. The number of anilines is 1. The summed E-state index contributed by atoms with van der Waals surface area (Å²) in [5.41, 5.74) is 0.558. The minimum atomic E-state index is -3.79. The molecule has 24 heavy (non-hydrogen) atoms. The van der Waals surface area contributed by atoms with Gasteiger partial charge in [0.2, 0.25) is 10.0 Å². The van der Waals surface area contributed by atoms with Gasteiger partial charge in [0.1, 0.15) is 6.61 Å². The third kappa shape index (κ3) is 3.13. The zero-order valence-electron chi connectivity index (χ0n) is 13.1. The van der Waals surface area contributed by atoms with Crippen LogP contribution in [0.3, 0.4) is 0 Å². The zero-order valence-corrected chi connectivity index (χ0v) is 14.7. The van der Waals surface area contributed by atoms with Crippen LogP contribution in [0.25, 0.3) is 0 Å². The van der Waals surface area contributed by atoms with Crippen LogP contribution in [-0.4, -0.2) is 65.0 Å². The standard InChI is InChI=1S/C14H18N2O6S2/c1-15(12-6-9-23(18,19)10-12)24(20,21)13-4-2-11(3-5-13)16-7-8-22-14(16)17/h2-5,12H,6-10H2,1H3. The zero-order chi connectivity index (χ0) is 17.5. The molecule has 0 bridgehead atoms. The van der Waals surface area contributed by atoms with E-state index < -0.39 is 32.0 Å². The highest BCUT2D eigenvalue weighted by atomic mass is 32.2. The van der Waals surface area contributed by atoms with Crippen LogP contribution < -0.4 is 4.90 Å². The van der Waals surface area contributed by atoms with Crippen LogP contribution in [0.15, 0.2) is 29.2 Å². The molecule has 1 amide bonds. The Bertz CT molecular complexity index is 848. The molecule has 0 aliphatic carbocycles. The summed E-state index contributed by atoms with van der Waals surface area (Å²) in [7, 11) is -5.57. The van der Waals surface area contributed by atoms with Crippen molar-refractivity contribution in [2.45, 2.75) is 17.4 Å². The topological polar surface area (TPSA) is 101 Å². The number of sulfone groups is 1. The molecule has 2 aliphatic heterocycles. The molecule has 0 radical (unpaired) electrons. The van der Waals surface area contributed by atoms with Gasteiger partial charge in [-0.2, -0.15) is 4.31 Å². The van der Waals surface area contributed by atoms with E-state index in [1.54, 1.807) is 12.1 Å². The van der Waals surface area contributed by atoms with Crippen molar-refractivity contribution in [3.05, 3.63) is 24.3 Å². The lowest BCUT2D eigenvalue weighted by Gasteiger charge is -2.23. The first-order valence-electron chi connectivity index (χ1n) is 7.43. The minimum Gasteiger partial charge on any atom is -0.447 e. The van der Waals surface area contributed by atoms with E-state index in [4.69, 9.17) is 4.74 Å². The van der Waals surface area contributed by atoms with E-state index in [1.807, 2.05) is 0 Å². The Balaban J connectivity index is 1.81. The number of cyclic esters (lactones) is 1. The van der Waals surface area contributed by atoms with Crippen LogP contribution >= 0.6 is 0 Å². The van der Waals surface area contributed by atoms with E-state index in [1.165, 1.54) is 24.1 Å². The number of hydrogen-bond donors (Lipinski definition) is 0. The molecule has 8 nitrogen and oxygen atoms in total. The summed E-state index contributed by atoms with van der Waals surface area (Å²) in [6.45, 7) is 0.725. The average Bonchev–Trinajstić information content (AvgIpc) is 3.12. The van der Waals surface area contributed by atoms with Crippen molar-refractivity contribution in [2.75, 3.05) is 36.6 Å². The molecule has 10 heteroatoms. The molecule has 0 aromatic heterocycles. The summed E-state index contributed by atoms with van der Waals surface area (Å²) < 4.78 is 54.4. The highest BCUT2D eigenvalue weighted by Crippen LogP contribution is 2.26. The van der Waals surface area contributed by atoms with E-state index in [0.29, 0.717) is 25.3 Å². The summed E-state index contributed by atoms with van der Waals surface area (Å²) >= 11 is 0. The smallest absolute Gasteiger partial charge is 0.414 e. The number of amides is 1. The number of rotatable bonds is 4. The molecule has 0 spiro atoms. The Labute approximate surface area is 141 Å². The molecule has 132 valence electrons. The molecule has 0 saturated carbocycles. The second kappa shape index (κ2) is 6.01. The molecule has 1 aromatic carbocycles. The number of benzene rings is 1. The van der Waals surface area contributed by atoms with Crippen molar-refractivity contribution in [1.29, 1.82) is 0 Å². The van der Waals surface area contributed by atoms with Gasteiger partial charge in [-0.1, -0.05) is 0 Å². The lowest BCUT2D eigenvalue weighted by Crippen LogP contribution is -2.37. The number of sulfonamides is 1. The number of carbonyl (C=O) groups excluding carboxylic acids is 1. The molecule has 2 saturated heterocycles. The van der Waals surface area contributed by atoms with E-state index in [9.17, 15) is 21.6 Å². The first-order valence-corrected chi connectivity index (χ1v) is 10.7. The fourth-order valence-electron chi connectivity index (χ4n) is 2.85. The summed E-state index contributed by atoms with van der Waals surface area (Å²) in [6, 6.07) is 5.36. The second-order valence-electron chi connectivity index (χ2n) is 5.84. The Hall–Kier alpha value is -1.65. The van der Waals surface area contributed by atoms with Gasteiger partial charge in [0.25, 0.3) is 0 Å². The van der Waals surface area contributed by atoms with Crippen LogP contribution in [0.1, 0.15) is 6.42 Å². The van der Waals surface area contributed by atoms with Gasteiger partial charge in [-0.15, -0.1) is 0 Å². The van der Waals surface area contributed by atoms with Gasteiger partial charge < -0.3 is 4.74 Å². The van der Waals surface area contributed by atoms with Crippen molar-refractivity contribution < 1.29 is 26.4 Å². The van der Waals surface area contributed by atoms with Crippen molar-refractivity contribution in [3.63, 3.8) is 0 Å². The van der Waals surface area contributed by atoms with Crippen LogP contribution in [-0.2, 0) is 24.6 Å². The molecule has 0 N–H and O–H groups in total.